The van der Waals surface area contributed by atoms with Crippen LogP contribution in [0.4, 0.5) is 0 Å². The first-order valence-electron chi connectivity index (χ1n) is 4.58. The molecular formula is C11H8ClN3O. The monoisotopic (exact) mass is 233 g/mol. The maximum Gasteiger partial charge on any atom is 0.150 e. The fraction of sp³-hybridized carbons (Fsp3) is 0.0909. The molecule has 0 saturated carbocycles. The largest absolute Gasteiger partial charge is 0.508 e. The Kier molecular flexibility index (Phi) is 2.55. The summed E-state index contributed by atoms with van der Waals surface area (Å²) >= 11 is 6.02. The summed E-state index contributed by atoms with van der Waals surface area (Å²) in [5.41, 5.74) is 1.66. The second-order valence-corrected chi connectivity index (χ2v) is 3.65. The molecule has 0 spiro atoms. The first-order valence-corrected chi connectivity index (χ1v) is 4.96. The number of hydrogen-bond donors (Lipinski definition) is 1. The zero-order valence-corrected chi connectivity index (χ0v) is 9.23. The molecule has 16 heavy (non-hydrogen) atoms. The molecule has 1 heterocycles. The Morgan fingerprint density at radius 3 is 2.50 bits per heavy atom. The second-order valence-electron chi connectivity index (χ2n) is 3.29. The first-order chi connectivity index (χ1) is 7.63. The average molecular weight is 234 g/mol. The molecule has 4 nitrogen and oxygen atoms in total. The summed E-state index contributed by atoms with van der Waals surface area (Å²) < 4.78 is 1.47. The normalized spacial score (nSPS) is 10.1. The van der Waals surface area contributed by atoms with Crippen molar-refractivity contribution in [3.8, 4) is 17.5 Å². The SMILES string of the molecule is Cc1nn(-c2ccc(O)cc2)c(Cl)c1C#N. The molecular weight excluding hydrogens is 226 g/mol. The Bertz CT molecular complexity index is 566. The van der Waals surface area contributed by atoms with E-state index >= 15 is 0 Å². The molecule has 1 aromatic heterocycles. The van der Waals surface area contributed by atoms with Crippen molar-refractivity contribution in [1.29, 1.82) is 5.26 Å². The number of rotatable bonds is 1. The highest BCUT2D eigenvalue weighted by Crippen LogP contribution is 2.23. The Hall–Kier alpha value is -1.99. The van der Waals surface area contributed by atoms with Crippen molar-refractivity contribution in [3.05, 3.63) is 40.7 Å². The van der Waals surface area contributed by atoms with E-state index in [4.69, 9.17) is 22.0 Å². The van der Waals surface area contributed by atoms with E-state index in [1.165, 1.54) is 16.8 Å². The molecule has 2 rings (SSSR count). The van der Waals surface area contributed by atoms with E-state index in [0.717, 1.165) is 0 Å². The number of aryl methyl sites for hydroxylation is 1. The molecule has 0 radical (unpaired) electrons. The van der Waals surface area contributed by atoms with Crippen molar-refractivity contribution < 1.29 is 5.11 Å². The van der Waals surface area contributed by atoms with E-state index in [9.17, 15) is 0 Å². The van der Waals surface area contributed by atoms with E-state index in [1.807, 2.05) is 6.07 Å². The van der Waals surface area contributed by atoms with Crippen LogP contribution in [0.5, 0.6) is 5.75 Å². The van der Waals surface area contributed by atoms with Crippen LogP contribution in [0.1, 0.15) is 11.3 Å². The van der Waals surface area contributed by atoms with Gasteiger partial charge in [0.25, 0.3) is 0 Å². The molecule has 0 atom stereocenters. The maximum atomic E-state index is 9.16. The van der Waals surface area contributed by atoms with Gasteiger partial charge in [0.05, 0.1) is 11.4 Å². The molecule has 0 amide bonds. The highest BCUT2D eigenvalue weighted by Gasteiger charge is 2.13. The lowest BCUT2D eigenvalue weighted by Gasteiger charge is -2.02. The van der Waals surface area contributed by atoms with Gasteiger partial charge in [-0.25, -0.2) is 4.68 Å². The summed E-state index contributed by atoms with van der Waals surface area (Å²) in [6.45, 7) is 1.72. The van der Waals surface area contributed by atoms with Crippen LogP contribution < -0.4 is 0 Å². The quantitative estimate of drug-likeness (QED) is 0.823. The molecule has 0 fully saturated rings. The van der Waals surface area contributed by atoms with Crippen LogP contribution in [0.3, 0.4) is 0 Å². The van der Waals surface area contributed by atoms with Gasteiger partial charge in [0, 0.05) is 0 Å². The number of nitrogens with zero attached hydrogens (tertiary/aromatic N) is 3. The van der Waals surface area contributed by atoms with Crippen LogP contribution in [0.15, 0.2) is 24.3 Å². The van der Waals surface area contributed by atoms with Crippen molar-refractivity contribution in [2.75, 3.05) is 0 Å². The topological polar surface area (TPSA) is 61.8 Å². The van der Waals surface area contributed by atoms with Crippen molar-refractivity contribution in [1.82, 2.24) is 9.78 Å². The van der Waals surface area contributed by atoms with Crippen LogP contribution in [0, 0.1) is 18.3 Å². The van der Waals surface area contributed by atoms with Gasteiger partial charge in [-0.05, 0) is 31.2 Å². The predicted octanol–water partition coefficient (Wildman–Crippen LogP) is 2.41. The summed E-state index contributed by atoms with van der Waals surface area (Å²) in [5, 5.41) is 22.5. The standard InChI is InChI=1S/C11H8ClN3O/c1-7-10(6-13)11(12)15(14-7)8-2-4-9(16)5-3-8/h2-5,16H,1H3. The molecule has 0 unspecified atom stereocenters. The zero-order chi connectivity index (χ0) is 11.7. The zero-order valence-electron chi connectivity index (χ0n) is 8.48. The highest BCUT2D eigenvalue weighted by atomic mass is 35.5. The number of hydrogen-bond acceptors (Lipinski definition) is 3. The van der Waals surface area contributed by atoms with Gasteiger partial charge >= 0.3 is 0 Å². The summed E-state index contributed by atoms with van der Waals surface area (Å²) in [6, 6.07) is 8.42. The van der Waals surface area contributed by atoms with Crippen LogP contribution >= 0.6 is 11.6 Å². The van der Waals surface area contributed by atoms with Crippen molar-refractivity contribution in [3.63, 3.8) is 0 Å². The van der Waals surface area contributed by atoms with Crippen molar-refractivity contribution >= 4 is 11.6 Å². The first kappa shape index (κ1) is 10.5. The van der Waals surface area contributed by atoms with Crippen LogP contribution in [0.25, 0.3) is 5.69 Å². The fourth-order valence-electron chi connectivity index (χ4n) is 1.39. The van der Waals surface area contributed by atoms with E-state index in [-0.39, 0.29) is 10.9 Å². The van der Waals surface area contributed by atoms with Gasteiger partial charge in [-0.2, -0.15) is 10.4 Å². The Balaban J connectivity index is 2.58. The number of phenolic OH excluding ortho intramolecular Hbond substituents is 1. The van der Waals surface area contributed by atoms with Gasteiger partial charge in [0.2, 0.25) is 0 Å². The van der Waals surface area contributed by atoms with E-state index in [0.29, 0.717) is 16.9 Å². The average Bonchev–Trinajstić information content (AvgIpc) is 2.55. The molecule has 0 aliphatic rings. The Morgan fingerprint density at radius 1 is 1.38 bits per heavy atom. The summed E-state index contributed by atoms with van der Waals surface area (Å²) in [5.74, 6) is 0.171. The lowest BCUT2D eigenvalue weighted by molar-refractivity contribution is 0.475. The van der Waals surface area contributed by atoms with Crippen LogP contribution in [0.2, 0.25) is 5.15 Å². The number of aromatic nitrogens is 2. The second kappa shape index (κ2) is 3.87. The molecule has 1 N–H and O–H groups in total. The highest BCUT2D eigenvalue weighted by molar-refractivity contribution is 6.31. The van der Waals surface area contributed by atoms with E-state index in [1.54, 1.807) is 19.1 Å². The number of aromatic hydroxyl groups is 1. The van der Waals surface area contributed by atoms with Crippen molar-refractivity contribution in [2.24, 2.45) is 0 Å². The van der Waals surface area contributed by atoms with Crippen LogP contribution in [-0.4, -0.2) is 14.9 Å². The molecule has 0 aliphatic carbocycles. The molecule has 2 aromatic rings. The number of phenols is 1. The van der Waals surface area contributed by atoms with Crippen LogP contribution in [-0.2, 0) is 0 Å². The Morgan fingerprint density at radius 2 is 2.00 bits per heavy atom. The van der Waals surface area contributed by atoms with E-state index < -0.39 is 0 Å². The number of halogens is 1. The summed E-state index contributed by atoms with van der Waals surface area (Å²) in [7, 11) is 0. The molecule has 80 valence electrons. The number of benzene rings is 1. The van der Waals surface area contributed by atoms with Gasteiger partial charge in [-0.3, -0.25) is 0 Å². The lowest BCUT2D eigenvalue weighted by atomic mass is 10.3. The van der Waals surface area contributed by atoms with Gasteiger partial charge in [-0.15, -0.1) is 0 Å². The summed E-state index contributed by atoms with van der Waals surface area (Å²) in [6.07, 6.45) is 0. The van der Waals surface area contributed by atoms with Gasteiger partial charge in [0.1, 0.15) is 17.4 Å². The van der Waals surface area contributed by atoms with Crippen molar-refractivity contribution in [2.45, 2.75) is 6.92 Å². The van der Waals surface area contributed by atoms with Gasteiger partial charge < -0.3 is 5.11 Å². The van der Waals surface area contributed by atoms with Gasteiger partial charge in [-0.1, -0.05) is 11.6 Å². The molecule has 5 heteroatoms. The third kappa shape index (κ3) is 1.62. The molecule has 0 bridgehead atoms. The molecule has 1 aromatic carbocycles. The minimum Gasteiger partial charge on any atom is -0.508 e. The third-order valence-corrected chi connectivity index (χ3v) is 2.56. The predicted molar refractivity (Wildman–Crippen MR) is 59.7 cm³/mol. The van der Waals surface area contributed by atoms with E-state index in [2.05, 4.69) is 5.10 Å². The molecule has 0 saturated heterocycles. The third-order valence-electron chi connectivity index (χ3n) is 2.21. The van der Waals surface area contributed by atoms with Gasteiger partial charge in [0.15, 0.2) is 5.15 Å². The smallest absolute Gasteiger partial charge is 0.150 e. The minimum atomic E-state index is 0.171. The lowest BCUT2D eigenvalue weighted by Crippen LogP contribution is -1.96. The molecule has 0 aliphatic heterocycles. The fourth-order valence-corrected chi connectivity index (χ4v) is 1.71. The minimum absolute atomic E-state index is 0.171. The Labute approximate surface area is 97.3 Å². The maximum absolute atomic E-state index is 9.16. The summed E-state index contributed by atoms with van der Waals surface area (Å²) in [4.78, 5) is 0. The number of nitriles is 1.